The molecule has 88 valence electrons. The van der Waals surface area contributed by atoms with Crippen LogP contribution in [0, 0.1) is 0 Å². The van der Waals surface area contributed by atoms with Crippen molar-refractivity contribution < 1.29 is 4.79 Å². The van der Waals surface area contributed by atoms with Crippen LogP contribution < -0.4 is 5.73 Å². The van der Waals surface area contributed by atoms with Crippen molar-refractivity contribution in [2.75, 3.05) is 20.1 Å². The number of nitrogens with two attached hydrogens (primary N) is 1. The number of hydrogen-bond acceptors (Lipinski definition) is 2. The first-order chi connectivity index (χ1) is 7.69. The molecule has 1 aromatic carbocycles. The summed E-state index contributed by atoms with van der Waals surface area (Å²) in [7, 11) is 1.81. The average Bonchev–Trinajstić information content (AvgIpc) is 2.35. The van der Waals surface area contributed by atoms with Gasteiger partial charge in [-0.1, -0.05) is 19.1 Å². The van der Waals surface area contributed by atoms with Crippen LogP contribution in [0.2, 0.25) is 0 Å². The SMILES string of the molecule is CCc1ccc(C(=O)N(C)CCCN)cc1. The van der Waals surface area contributed by atoms with Crippen LogP contribution in [0.3, 0.4) is 0 Å². The second-order valence-corrected chi connectivity index (χ2v) is 3.92. The van der Waals surface area contributed by atoms with Crippen LogP contribution in [0.1, 0.15) is 29.3 Å². The Labute approximate surface area is 97.2 Å². The molecular weight excluding hydrogens is 200 g/mol. The van der Waals surface area contributed by atoms with Crippen molar-refractivity contribution in [2.45, 2.75) is 19.8 Å². The predicted octanol–water partition coefficient (Wildman–Crippen LogP) is 1.67. The van der Waals surface area contributed by atoms with Crippen LogP contribution in [-0.2, 0) is 6.42 Å². The maximum Gasteiger partial charge on any atom is 0.253 e. The molecule has 3 nitrogen and oxygen atoms in total. The molecule has 0 saturated heterocycles. The van der Waals surface area contributed by atoms with Crippen LogP contribution >= 0.6 is 0 Å². The van der Waals surface area contributed by atoms with Gasteiger partial charge in [-0.2, -0.15) is 0 Å². The summed E-state index contributed by atoms with van der Waals surface area (Å²) >= 11 is 0. The largest absolute Gasteiger partial charge is 0.342 e. The first kappa shape index (κ1) is 12.7. The highest BCUT2D eigenvalue weighted by molar-refractivity contribution is 5.94. The zero-order valence-electron chi connectivity index (χ0n) is 10.1. The van der Waals surface area contributed by atoms with Crippen molar-refractivity contribution >= 4 is 5.91 Å². The fraction of sp³-hybridized carbons (Fsp3) is 0.462. The minimum atomic E-state index is 0.0658. The van der Waals surface area contributed by atoms with Crippen LogP contribution in [-0.4, -0.2) is 30.9 Å². The maximum absolute atomic E-state index is 11.9. The monoisotopic (exact) mass is 220 g/mol. The van der Waals surface area contributed by atoms with Gasteiger partial charge in [0.15, 0.2) is 0 Å². The summed E-state index contributed by atoms with van der Waals surface area (Å²) in [5, 5.41) is 0. The van der Waals surface area contributed by atoms with E-state index in [0.717, 1.165) is 18.4 Å². The minimum Gasteiger partial charge on any atom is -0.342 e. The van der Waals surface area contributed by atoms with Gasteiger partial charge >= 0.3 is 0 Å². The van der Waals surface area contributed by atoms with Crippen molar-refractivity contribution in [3.8, 4) is 0 Å². The van der Waals surface area contributed by atoms with Crippen molar-refractivity contribution in [1.29, 1.82) is 0 Å². The second kappa shape index (κ2) is 6.28. The Balaban J connectivity index is 2.64. The molecule has 16 heavy (non-hydrogen) atoms. The van der Waals surface area contributed by atoms with E-state index < -0.39 is 0 Å². The van der Waals surface area contributed by atoms with Crippen molar-refractivity contribution in [3.05, 3.63) is 35.4 Å². The van der Waals surface area contributed by atoms with Gasteiger partial charge in [-0.3, -0.25) is 4.79 Å². The zero-order chi connectivity index (χ0) is 12.0. The predicted molar refractivity (Wildman–Crippen MR) is 66.5 cm³/mol. The Bertz CT molecular complexity index is 332. The fourth-order valence-electron chi connectivity index (χ4n) is 1.53. The van der Waals surface area contributed by atoms with E-state index in [9.17, 15) is 4.79 Å². The molecule has 0 atom stereocenters. The van der Waals surface area contributed by atoms with E-state index in [2.05, 4.69) is 6.92 Å². The molecule has 0 unspecified atom stereocenters. The van der Waals surface area contributed by atoms with E-state index in [1.165, 1.54) is 5.56 Å². The molecule has 0 aliphatic rings. The number of nitrogens with zero attached hydrogens (tertiary/aromatic N) is 1. The number of amides is 1. The molecule has 0 fully saturated rings. The smallest absolute Gasteiger partial charge is 0.253 e. The van der Waals surface area contributed by atoms with Gasteiger partial charge in [0.2, 0.25) is 0 Å². The van der Waals surface area contributed by atoms with Crippen LogP contribution in [0.15, 0.2) is 24.3 Å². The van der Waals surface area contributed by atoms with Gasteiger partial charge in [-0.25, -0.2) is 0 Å². The van der Waals surface area contributed by atoms with Crippen molar-refractivity contribution in [1.82, 2.24) is 4.90 Å². The Morgan fingerprint density at radius 3 is 2.44 bits per heavy atom. The molecule has 0 spiro atoms. The normalized spacial score (nSPS) is 10.2. The quantitative estimate of drug-likeness (QED) is 0.820. The molecule has 0 heterocycles. The summed E-state index contributed by atoms with van der Waals surface area (Å²) in [6.45, 7) is 3.43. The van der Waals surface area contributed by atoms with Gasteiger partial charge in [0.1, 0.15) is 0 Å². The number of benzene rings is 1. The van der Waals surface area contributed by atoms with Gasteiger partial charge in [-0.05, 0) is 37.1 Å². The van der Waals surface area contributed by atoms with Crippen LogP contribution in [0.4, 0.5) is 0 Å². The number of aryl methyl sites for hydroxylation is 1. The highest BCUT2D eigenvalue weighted by Gasteiger charge is 2.10. The average molecular weight is 220 g/mol. The van der Waals surface area contributed by atoms with E-state index in [0.29, 0.717) is 13.1 Å². The molecule has 0 aliphatic heterocycles. The van der Waals surface area contributed by atoms with E-state index in [1.54, 1.807) is 4.90 Å². The summed E-state index contributed by atoms with van der Waals surface area (Å²) < 4.78 is 0. The molecule has 0 saturated carbocycles. The lowest BCUT2D eigenvalue weighted by Crippen LogP contribution is -2.28. The summed E-state index contributed by atoms with van der Waals surface area (Å²) in [6, 6.07) is 7.79. The van der Waals surface area contributed by atoms with Gasteiger partial charge in [0.25, 0.3) is 5.91 Å². The summed E-state index contributed by atoms with van der Waals surface area (Å²) in [5.74, 6) is 0.0658. The van der Waals surface area contributed by atoms with E-state index >= 15 is 0 Å². The highest BCUT2D eigenvalue weighted by atomic mass is 16.2. The molecule has 1 amide bonds. The molecule has 1 rings (SSSR count). The number of carbonyl (C=O) groups excluding carboxylic acids is 1. The second-order valence-electron chi connectivity index (χ2n) is 3.92. The van der Waals surface area contributed by atoms with Crippen molar-refractivity contribution in [2.24, 2.45) is 5.73 Å². The molecule has 3 heteroatoms. The van der Waals surface area contributed by atoms with Crippen molar-refractivity contribution in [3.63, 3.8) is 0 Å². The summed E-state index contributed by atoms with van der Waals surface area (Å²) in [6.07, 6.45) is 1.84. The first-order valence-corrected chi connectivity index (χ1v) is 5.73. The summed E-state index contributed by atoms with van der Waals surface area (Å²) in [5.41, 5.74) is 7.41. The molecule has 2 N–H and O–H groups in total. The standard InChI is InChI=1S/C13H20N2O/c1-3-11-5-7-12(8-6-11)13(16)15(2)10-4-9-14/h5-8H,3-4,9-10,14H2,1-2H3. The molecule has 0 aromatic heterocycles. The third kappa shape index (κ3) is 3.35. The Morgan fingerprint density at radius 2 is 1.94 bits per heavy atom. The van der Waals surface area contributed by atoms with E-state index in [1.807, 2.05) is 31.3 Å². The lowest BCUT2D eigenvalue weighted by atomic mass is 10.1. The van der Waals surface area contributed by atoms with Gasteiger partial charge in [0.05, 0.1) is 0 Å². The fourth-order valence-corrected chi connectivity index (χ4v) is 1.53. The topological polar surface area (TPSA) is 46.3 Å². The van der Waals surface area contributed by atoms with Gasteiger partial charge in [0, 0.05) is 19.2 Å². The lowest BCUT2D eigenvalue weighted by molar-refractivity contribution is 0.0794. The van der Waals surface area contributed by atoms with Gasteiger partial charge in [-0.15, -0.1) is 0 Å². The minimum absolute atomic E-state index is 0.0658. The van der Waals surface area contributed by atoms with E-state index in [4.69, 9.17) is 5.73 Å². The zero-order valence-corrected chi connectivity index (χ0v) is 10.1. The van der Waals surface area contributed by atoms with Crippen LogP contribution in [0.5, 0.6) is 0 Å². The first-order valence-electron chi connectivity index (χ1n) is 5.73. The molecule has 0 aliphatic carbocycles. The third-order valence-corrected chi connectivity index (χ3v) is 2.65. The number of carbonyl (C=O) groups is 1. The number of rotatable bonds is 5. The molecular formula is C13H20N2O. The van der Waals surface area contributed by atoms with Gasteiger partial charge < -0.3 is 10.6 Å². The summed E-state index contributed by atoms with van der Waals surface area (Å²) in [4.78, 5) is 13.7. The Hall–Kier alpha value is -1.35. The molecule has 0 radical (unpaired) electrons. The molecule has 1 aromatic rings. The Morgan fingerprint density at radius 1 is 1.31 bits per heavy atom. The Kier molecular flexibility index (Phi) is 4.99. The molecule has 0 bridgehead atoms. The van der Waals surface area contributed by atoms with E-state index in [-0.39, 0.29) is 5.91 Å². The van der Waals surface area contributed by atoms with Crippen LogP contribution in [0.25, 0.3) is 0 Å². The third-order valence-electron chi connectivity index (χ3n) is 2.65. The maximum atomic E-state index is 11.9. The lowest BCUT2D eigenvalue weighted by Gasteiger charge is -2.16. The highest BCUT2D eigenvalue weighted by Crippen LogP contribution is 2.07. The number of hydrogen-bond donors (Lipinski definition) is 1.